The van der Waals surface area contributed by atoms with Crippen LogP contribution in [0.1, 0.15) is 10.6 Å². The molecule has 4 aromatic rings. The van der Waals surface area contributed by atoms with Crippen LogP contribution in [-0.2, 0) is 0 Å². The summed E-state index contributed by atoms with van der Waals surface area (Å²) in [4.78, 5) is 7.28. The molecule has 4 rings (SSSR count). The lowest BCUT2D eigenvalue weighted by Crippen LogP contribution is -2.29. The van der Waals surface area contributed by atoms with Crippen LogP contribution in [0.5, 0.6) is 0 Å². The highest BCUT2D eigenvalue weighted by molar-refractivity contribution is 7.18. The van der Waals surface area contributed by atoms with E-state index in [4.69, 9.17) is 4.98 Å². The molecule has 0 saturated heterocycles. The van der Waals surface area contributed by atoms with Gasteiger partial charge < -0.3 is 0 Å². The van der Waals surface area contributed by atoms with E-state index in [-0.39, 0.29) is 0 Å². The average molecular weight is 350 g/mol. The molecule has 4 heteroatoms. The van der Waals surface area contributed by atoms with Gasteiger partial charge in [-0.1, -0.05) is 59.9 Å². The van der Waals surface area contributed by atoms with Crippen molar-refractivity contribution in [2.24, 2.45) is 0 Å². The predicted octanol–water partition coefficient (Wildman–Crippen LogP) is 5.43. The molecule has 0 unspecified atom stereocenters. The van der Waals surface area contributed by atoms with Gasteiger partial charge in [0.1, 0.15) is 6.20 Å². The van der Waals surface area contributed by atoms with Gasteiger partial charge >= 0.3 is 5.13 Å². The molecule has 2 nitrogen and oxygen atoms in total. The Labute approximate surface area is 149 Å². The fourth-order valence-corrected chi connectivity index (χ4v) is 4.63. The maximum atomic E-state index is 4.76. The fourth-order valence-electron chi connectivity index (χ4n) is 2.57. The second kappa shape index (κ2) is 6.30. The first-order chi connectivity index (χ1) is 11.7. The van der Waals surface area contributed by atoms with Crippen LogP contribution in [0.3, 0.4) is 0 Å². The molecule has 0 bridgehead atoms. The maximum absolute atomic E-state index is 4.76. The molecule has 2 aromatic heterocycles. The SMILES string of the molecule is Cc1nc(-[n+]2cc(-c3ccccc3)sc2-c2ccccc2)sc1C. The largest absolute Gasteiger partial charge is 0.388 e. The lowest BCUT2D eigenvalue weighted by atomic mass is 10.2. The van der Waals surface area contributed by atoms with Gasteiger partial charge in [0.15, 0.2) is 10.7 Å². The molecule has 2 aromatic carbocycles. The molecule has 2 heterocycles. The van der Waals surface area contributed by atoms with Gasteiger partial charge in [0, 0.05) is 12.5 Å². The van der Waals surface area contributed by atoms with Crippen LogP contribution in [-0.4, -0.2) is 4.98 Å². The Balaban J connectivity index is 1.92. The molecule has 0 aliphatic carbocycles. The van der Waals surface area contributed by atoms with Crippen molar-refractivity contribution in [2.75, 3.05) is 0 Å². The first-order valence-electron chi connectivity index (χ1n) is 7.83. The molecular weight excluding hydrogens is 332 g/mol. The van der Waals surface area contributed by atoms with Gasteiger partial charge in [-0.2, -0.15) is 4.57 Å². The van der Waals surface area contributed by atoms with E-state index in [2.05, 4.69) is 85.3 Å². The summed E-state index contributed by atoms with van der Waals surface area (Å²) in [7, 11) is 0. The summed E-state index contributed by atoms with van der Waals surface area (Å²) in [5.74, 6) is 0. The molecule has 0 atom stereocenters. The minimum atomic E-state index is 1.03. The van der Waals surface area contributed by atoms with Gasteiger partial charge in [-0.05, 0) is 40.9 Å². The summed E-state index contributed by atoms with van der Waals surface area (Å²) in [5.41, 5.74) is 3.56. The summed E-state index contributed by atoms with van der Waals surface area (Å²) >= 11 is 3.55. The van der Waals surface area contributed by atoms with Crippen molar-refractivity contribution in [2.45, 2.75) is 13.8 Å². The van der Waals surface area contributed by atoms with Crippen molar-refractivity contribution in [1.29, 1.82) is 0 Å². The van der Waals surface area contributed by atoms with Crippen molar-refractivity contribution in [3.8, 4) is 26.1 Å². The van der Waals surface area contributed by atoms with E-state index in [9.17, 15) is 0 Å². The summed E-state index contributed by atoms with van der Waals surface area (Å²) in [6, 6.07) is 21.1. The number of hydrogen-bond donors (Lipinski definition) is 0. The molecular formula is C20H17N2S2+. The number of thiazole rings is 2. The van der Waals surface area contributed by atoms with E-state index in [1.54, 1.807) is 22.7 Å². The number of aromatic nitrogens is 2. The Bertz CT molecular complexity index is 950. The summed E-state index contributed by atoms with van der Waals surface area (Å²) in [5, 5.41) is 2.24. The number of aryl methyl sites for hydroxylation is 2. The Hall–Kier alpha value is -2.30. The van der Waals surface area contributed by atoms with E-state index in [0.29, 0.717) is 0 Å². The third kappa shape index (κ3) is 2.79. The molecule has 24 heavy (non-hydrogen) atoms. The normalized spacial score (nSPS) is 10.9. The van der Waals surface area contributed by atoms with E-state index < -0.39 is 0 Å². The van der Waals surface area contributed by atoms with Crippen molar-refractivity contribution in [3.05, 3.63) is 77.4 Å². The Morgan fingerprint density at radius 2 is 1.42 bits per heavy atom. The minimum Gasteiger partial charge on any atom is -0.176 e. The highest BCUT2D eigenvalue weighted by atomic mass is 32.1. The number of rotatable bonds is 3. The maximum Gasteiger partial charge on any atom is 0.388 e. The van der Waals surface area contributed by atoms with Crippen molar-refractivity contribution >= 4 is 22.7 Å². The van der Waals surface area contributed by atoms with E-state index in [0.717, 1.165) is 10.8 Å². The summed E-state index contributed by atoms with van der Waals surface area (Å²) in [6.07, 6.45) is 2.21. The third-order valence-electron chi connectivity index (χ3n) is 3.97. The molecule has 0 aliphatic rings. The topological polar surface area (TPSA) is 16.8 Å². The van der Waals surface area contributed by atoms with Gasteiger partial charge in [-0.25, -0.2) is 0 Å². The van der Waals surface area contributed by atoms with E-state index >= 15 is 0 Å². The second-order valence-electron chi connectivity index (χ2n) is 5.64. The first kappa shape index (κ1) is 15.2. The van der Waals surface area contributed by atoms with E-state index in [1.807, 2.05) is 0 Å². The zero-order valence-corrected chi connectivity index (χ0v) is 15.2. The molecule has 0 saturated carbocycles. The van der Waals surface area contributed by atoms with Crippen LogP contribution < -0.4 is 4.57 Å². The lowest BCUT2D eigenvalue weighted by Gasteiger charge is -1.96. The van der Waals surface area contributed by atoms with Crippen molar-refractivity contribution in [1.82, 2.24) is 4.98 Å². The van der Waals surface area contributed by atoms with Gasteiger partial charge in [0.25, 0.3) is 0 Å². The number of hydrogen-bond acceptors (Lipinski definition) is 3. The molecule has 0 fully saturated rings. The predicted molar refractivity (Wildman–Crippen MR) is 102 cm³/mol. The molecule has 0 radical (unpaired) electrons. The van der Waals surface area contributed by atoms with Crippen molar-refractivity contribution in [3.63, 3.8) is 0 Å². The van der Waals surface area contributed by atoms with Crippen LogP contribution >= 0.6 is 22.7 Å². The molecule has 0 amide bonds. The second-order valence-corrected chi connectivity index (χ2v) is 7.85. The van der Waals surface area contributed by atoms with Crippen LogP contribution in [0, 0.1) is 13.8 Å². The lowest BCUT2D eigenvalue weighted by molar-refractivity contribution is -0.578. The van der Waals surface area contributed by atoms with Gasteiger partial charge in [0.2, 0.25) is 0 Å². The van der Waals surface area contributed by atoms with Gasteiger partial charge in [-0.15, -0.1) is 0 Å². The monoisotopic (exact) mass is 349 g/mol. The van der Waals surface area contributed by atoms with Crippen LogP contribution in [0.15, 0.2) is 66.9 Å². The Morgan fingerprint density at radius 1 is 0.792 bits per heavy atom. The third-order valence-corrected chi connectivity index (χ3v) is 6.23. The number of nitrogens with zero attached hydrogens (tertiary/aromatic N) is 2. The average Bonchev–Trinajstić information content (AvgIpc) is 3.21. The Kier molecular flexibility index (Phi) is 4.00. The standard InChI is InChI=1S/C20H17N2S2/c1-14-15(2)23-20(21-14)22-13-18(16-9-5-3-6-10-16)24-19(22)17-11-7-4-8-12-17/h3-13H,1-2H3/q+1. The van der Waals surface area contributed by atoms with Crippen LogP contribution in [0.2, 0.25) is 0 Å². The zero-order chi connectivity index (χ0) is 16.5. The molecule has 118 valence electrons. The molecule has 0 aliphatic heterocycles. The minimum absolute atomic E-state index is 1.03. The van der Waals surface area contributed by atoms with Crippen LogP contribution in [0.25, 0.3) is 26.1 Å². The summed E-state index contributed by atoms with van der Waals surface area (Å²) < 4.78 is 2.23. The van der Waals surface area contributed by atoms with E-state index in [1.165, 1.54) is 25.9 Å². The molecule has 0 N–H and O–H groups in total. The highest BCUT2D eigenvalue weighted by Gasteiger charge is 2.23. The summed E-state index contributed by atoms with van der Waals surface area (Å²) in [6.45, 7) is 4.20. The first-order valence-corrected chi connectivity index (χ1v) is 9.46. The fraction of sp³-hybridized carbons (Fsp3) is 0.100. The quantitative estimate of drug-likeness (QED) is 0.451. The number of benzene rings is 2. The van der Waals surface area contributed by atoms with Crippen LogP contribution in [0.4, 0.5) is 0 Å². The molecule has 0 spiro atoms. The van der Waals surface area contributed by atoms with Crippen molar-refractivity contribution < 1.29 is 4.57 Å². The zero-order valence-electron chi connectivity index (χ0n) is 13.6. The smallest absolute Gasteiger partial charge is 0.176 e. The highest BCUT2D eigenvalue weighted by Crippen LogP contribution is 2.32. The van der Waals surface area contributed by atoms with Gasteiger partial charge in [0.05, 0.1) is 9.75 Å². The van der Waals surface area contributed by atoms with Gasteiger partial charge in [-0.3, -0.25) is 0 Å². The Morgan fingerprint density at radius 3 is 2.00 bits per heavy atom.